The van der Waals surface area contributed by atoms with E-state index in [1.165, 1.54) is 21.2 Å². The third-order valence-electron chi connectivity index (χ3n) is 4.22. The normalized spacial score (nSPS) is 11.2. The van der Waals surface area contributed by atoms with Gasteiger partial charge in [0.25, 0.3) is 5.56 Å². The Morgan fingerprint density at radius 2 is 1.76 bits per heavy atom. The number of nitrogens with one attached hydrogen (secondary N) is 1. The molecule has 29 heavy (non-hydrogen) atoms. The van der Waals surface area contributed by atoms with E-state index >= 15 is 0 Å². The van der Waals surface area contributed by atoms with Crippen molar-refractivity contribution >= 4 is 45.7 Å². The summed E-state index contributed by atoms with van der Waals surface area (Å²) in [6, 6.07) is 0. The van der Waals surface area contributed by atoms with Crippen molar-refractivity contribution in [2.24, 2.45) is 11.8 Å². The standard InChI is InChI=1S/C19H33N5O3S2/c1-7-22(8-2)19(28)29-11-14(25)23(9-12(3)4)15-16(20)24(10-13(5)6)18(27)21-17(15)26/h12-13H,7-11,20H2,1-6H3,(H,21,26,27). The minimum atomic E-state index is -0.655. The molecular weight excluding hydrogens is 410 g/mol. The number of thioether (sulfide) groups is 1. The summed E-state index contributed by atoms with van der Waals surface area (Å²) in [7, 11) is 0. The van der Waals surface area contributed by atoms with E-state index in [0.717, 1.165) is 13.1 Å². The van der Waals surface area contributed by atoms with Crippen LogP contribution in [-0.4, -0.2) is 50.1 Å². The van der Waals surface area contributed by atoms with E-state index in [1.807, 2.05) is 46.4 Å². The fourth-order valence-electron chi connectivity index (χ4n) is 2.84. The van der Waals surface area contributed by atoms with Crippen LogP contribution in [0.5, 0.6) is 0 Å². The smallest absolute Gasteiger partial charge is 0.330 e. The highest BCUT2D eigenvalue weighted by atomic mass is 32.2. The van der Waals surface area contributed by atoms with Gasteiger partial charge in [-0.25, -0.2) is 4.79 Å². The summed E-state index contributed by atoms with van der Waals surface area (Å²) in [5.41, 5.74) is 5.00. The van der Waals surface area contributed by atoms with Gasteiger partial charge in [-0.2, -0.15) is 0 Å². The molecule has 0 bridgehead atoms. The lowest BCUT2D eigenvalue weighted by atomic mass is 10.2. The number of nitrogens with two attached hydrogens (primary N) is 1. The second-order valence-electron chi connectivity index (χ2n) is 7.62. The third kappa shape index (κ3) is 6.88. The first-order valence-corrected chi connectivity index (χ1v) is 11.3. The molecule has 0 aromatic carbocycles. The van der Waals surface area contributed by atoms with Gasteiger partial charge in [0.15, 0.2) is 5.69 Å². The fourth-order valence-corrected chi connectivity index (χ4v) is 4.12. The van der Waals surface area contributed by atoms with Crippen LogP contribution in [-0.2, 0) is 11.3 Å². The number of H-pyrrole nitrogens is 1. The number of carbonyl (C=O) groups is 1. The topological polar surface area (TPSA) is 104 Å². The highest BCUT2D eigenvalue weighted by molar-refractivity contribution is 8.23. The Bertz CT molecular complexity index is 828. The van der Waals surface area contributed by atoms with Gasteiger partial charge in [-0.05, 0) is 25.7 Å². The van der Waals surface area contributed by atoms with Crippen molar-refractivity contribution in [1.29, 1.82) is 0 Å². The molecule has 1 rings (SSSR count). The van der Waals surface area contributed by atoms with Crippen molar-refractivity contribution < 1.29 is 4.79 Å². The second kappa shape index (κ2) is 11.4. The van der Waals surface area contributed by atoms with E-state index in [4.69, 9.17) is 18.0 Å². The fraction of sp³-hybridized carbons (Fsp3) is 0.684. The Morgan fingerprint density at radius 1 is 1.17 bits per heavy atom. The Balaban J connectivity index is 3.28. The van der Waals surface area contributed by atoms with Gasteiger partial charge in [0.05, 0.1) is 5.75 Å². The molecule has 0 atom stereocenters. The van der Waals surface area contributed by atoms with Crippen LogP contribution in [0.1, 0.15) is 41.5 Å². The van der Waals surface area contributed by atoms with Crippen molar-refractivity contribution in [1.82, 2.24) is 14.5 Å². The van der Waals surface area contributed by atoms with E-state index in [2.05, 4.69) is 4.98 Å². The molecule has 0 radical (unpaired) electrons. The zero-order chi connectivity index (χ0) is 22.3. The minimum Gasteiger partial charge on any atom is -0.383 e. The zero-order valence-corrected chi connectivity index (χ0v) is 19.8. The molecule has 0 saturated heterocycles. The highest BCUT2D eigenvalue weighted by Gasteiger charge is 2.25. The molecule has 0 aliphatic heterocycles. The van der Waals surface area contributed by atoms with Gasteiger partial charge in [0.2, 0.25) is 5.91 Å². The maximum atomic E-state index is 13.0. The minimum absolute atomic E-state index is 0.0118. The van der Waals surface area contributed by atoms with Crippen LogP contribution in [0.15, 0.2) is 9.59 Å². The predicted molar refractivity (Wildman–Crippen MR) is 126 cm³/mol. The Labute approximate surface area is 181 Å². The molecular formula is C19H33N5O3S2. The first-order valence-electron chi connectivity index (χ1n) is 9.87. The van der Waals surface area contributed by atoms with Gasteiger partial charge >= 0.3 is 5.69 Å². The van der Waals surface area contributed by atoms with Gasteiger partial charge in [0, 0.05) is 26.2 Å². The number of anilines is 2. The van der Waals surface area contributed by atoms with E-state index < -0.39 is 11.2 Å². The largest absolute Gasteiger partial charge is 0.383 e. The number of rotatable bonds is 9. The van der Waals surface area contributed by atoms with Crippen LogP contribution in [0.2, 0.25) is 0 Å². The number of aromatic amines is 1. The van der Waals surface area contributed by atoms with Crippen molar-refractivity contribution in [3.8, 4) is 0 Å². The van der Waals surface area contributed by atoms with Crippen molar-refractivity contribution in [3.63, 3.8) is 0 Å². The first-order chi connectivity index (χ1) is 13.5. The van der Waals surface area contributed by atoms with Gasteiger partial charge in [-0.3, -0.25) is 19.1 Å². The summed E-state index contributed by atoms with van der Waals surface area (Å²) >= 11 is 6.67. The molecule has 1 aromatic heterocycles. The molecule has 1 amide bonds. The van der Waals surface area contributed by atoms with Crippen molar-refractivity contribution in [2.45, 2.75) is 48.1 Å². The summed E-state index contributed by atoms with van der Waals surface area (Å²) in [4.78, 5) is 43.5. The monoisotopic (exact) mass is 443 g/mol. The summed E-state index contributed by atoms with van der Waals surface area (Å²) in [5, 5.41) is 0. The molecule has 8 nitrogen and oxygen atoms in total. The third-order valence-corrected chi connectivity index (χ3v) is 5.73. The van der Waals surface area contributed by atoms with E-state index in [1.54, 1.807) is 0 Å². The lowest BCUT2D eigenvalue weighted by molar-refractivity contribution is -0.116. The van der Waals surface area contributed by atoms with Gasteiger partial charge in [-0.15, -0.1) is 0 Å². The van der Waals surface area contributed by atoms with Gasteiger partial charge in [-0.1, -0.05) is 51.7 Å². The maximum Gasteiger partial charge on any atom is 0.330 e. The van der Waals surface area contributed by atoms with E-state index in [0.29, 0.717) is 17.4 Å². The van der Waals surface area contributed by atoms with Crippen LogP contribution in [0.25, 0.3) is 0 Å². The lowest BCUT2D eigenvalue weighted by Gasteiger charge is -2.27. The van der Waals surface area contributed by atoms with E-state index in [-0.39, 0.29) is 35.0 Å². The molecule has 3 N–H and O–H groups in total. The summed E-state index contributed by atoms with van der Waals surface area (Å²) in [5.74, 6) is 0.0698. The Morgan fingerprint density at radius 3 is 2.24 bits per heavy atom. The van der Waals surface area contributed by atoms with Crippen LogP contribution >= 0.6 is 24.0 Å². The maximum absolute atomic E-state index is 13.0. The van der Waals surface area contributed by atoms with E-state index in [9.17, 15) is 14.4 Å². The number of hydrogen-bond donors (Lipinski definition) is 2. The SMILES string of the molecule is CCN(CC)C(=S)SCC(=O)N(CC(C)C)c1c(N)n(CC(C)C)c(=O)[nH]c1=O. The number of amides is 1. The second-order valence-corrected chi connectivity index (χ2v) is 9.23. The van der Waals surface area contributed by atoms with Crippen LogP contribution in [0, 0.1) is 11.8 Å². The molecule has 0 spiro atoms. The number of thiocarbonyl (C=S) groups is 1. The van der Waals surface area contributed by atoms with Crippen molar-refractivity contribution in [3.05, 3.63) is 20.8 Å². The Kier molecular flexibility index (Phi) is 9.91. The molecule has 164 valence electrons. The Hall–Kier alpha value is -1.81. The van der Waals surface area contributed by atoms with Gasteiger partial charge < -0.3 is 15.5 Å². The summed E-state index contributed by atoms with van der Waals surface area (Å²) in [6.07, 6.45) is 0. The molecule has 0 saturated carbocycles. The highest BCUT2D eigenvalue weighted by Crippen LogP contribution is 2.21. The number of nitrogens with zero attached hydrogens (tertiary/aromatic N) is 3. The zero-order valence-electron chi connectivity index (χ0n) is 18.2. The van der Waals surface area contributed by atoms with Crippen LogP contribution < -0.4 is 21.9 Å². The van der Waals surface area contributed by atoms with Crippen LogP contribution in [0.4, 0.5) is 11.5 Å². The molecule has 1 aromatic rings. The number of nitrogen functional groups attached to an aromatic ring is 1. The molecule has 1 heterocycles. The first kappa shape index (κ1) is 25.2. The summed E-state index contributed by atoms with van der Waals surface area (Å²) < 4.78 is 1.95. The quantitative estimate of drug-likeness (QED) is 0.563. The molecule has 0 aliphatic carbocycles. The van der Waals surface area contributed by atoms with Crippen molar-refractivity contribution in [2.75, 3.05) is 36.0 Å². The lowest BCUT2D eigenvalue weighted by Crippen LogP contribution is -2.44. The molecule has 0 unspecified atom stereocenters. The molecule has 0 fully saturated rings. The molecule has 0 aliphatic rings. The number of aromatic nitrogens is 2. The van der Waals surface area contributed by atoms with Gasteiger partial charge in [0.1, 0.15) is 10.1 Å². The number of hydrogen-bond acceptors (Lipinski definition) is 6. The number of carbonyl (C=O) groups excluding carboxylic acids is 1. The average molecular weight is 444 g/mol. The van der Waals surface area contributed by atoms with Crippen LogP contribution in [0.3, 0.4) is 0 Å². The predicted octanol–water partition coefficient (Wildman–Crippen LogP) is 2.12. The average Bonchev–Trinajstić information content (AvgIpc) is 2.62. The summed E-state index contributed by atoms with van der Waals surface area (Å²) in [6.45, 7) is 14.0. The molecule has 10 heteroatoms.